The van der Waals surface area contributed by atoms with Gasteiger partial charge in [0.2, 0.25) is 0 Å². The van der Waals surface area contributed by atoms with Crippen LogP contribution in [0.5, 0.6) is 5.75 Å². The van der Waals surface area contributed by atoms with Gasteiger partial charge in [-0.05, 0) is 89.5 Å². The van der Waals surface area contributed by atoms with E-state index < -0.39 is 6.04 Å². The van der Waals surface area contributed by atoms with Crippen LogP contribution in [0.25, 0.3) is 11.1 Å². The monoisotopic (exact) mass is 737 g/mol. The number of amides is 1. The number of carbonyl (C=O) groups excluding carboxylic acids is 2. The molecule has 5 aromatic carbocycles. The van der Waals surface area contributed by atoms with E-state index in [9.17, 15) is 9.59 Å². The minimum absolute atomic E-state index is 0.0690. The third-order valence-electron chi connectivity index (χ3n) is 10.7. The first-order valence-electron chi connectivity index (χ1n) is 19.5. The van der Waals surface area contributed by atoms with E-state index in [2.05, 4.69) is 70.7 Å². The number of unbranched alkanes of at least 4 members (excludes halogenated alkanes) is 2. The van der Waals surface area contributed by atoms with E-state index in [0.29, 0.717) is 32.8 Å². The van der Waals surface area contributed by atoms with Crippen LogP contribution in [0.15, 0.2) is 127 Å². The van der Waals surface area contributed by atoms with Crippen LogP contribution < -0.4 is 10.1 Å². The van der Waals surface area contributed by atoms with Crippen LogP contribution in [0.4, 0.5) is 4.79 Å². The van der Waals surface area contributed by atoms with Crippen molar-refractivity contribution in [3.05, 3.63) is 161 Å². The average molecular weight is 738 g/mol. The summed E-state index contributed by atoms with van der Waals surface area (Å²) in [5.74, 6) is 0.608. The Morgan fingerprint density at radius 1 is 0.709 bits per heavy atom. The van der Waals surface area contributed by atoms with Crippen LogP contribution in [-0.2, 0) is 34.0 Å². The van der Waals surface area contributed by atoms with Gasteiger partial charge in [0.15, 0.2) is 0 Å². The summed E-state index contributed by atoms with van der Waals surface area (Å²) < 4.78 is 17.6. The smallest absolute Gasteiger partial charge is 0.407 e. The Hall–Kier alpha value is -5.44. The average Bonchev–Trinajstić information content (AvgIpc) is 3.79. The van der Waals surface area contributed by atoms with Gasteiger partial charge in [-0.15, -0.1) is 0 Å². The Kier molecular flexibility index (Phi) is 12.9. The number of rotatable bonds is 18. The number of fused-ring (bicyclic) bond motifs is 4. The predicted molar refractivity (Wildman–Crippen MR) is 216 cm³/mol. The number of benzene rings is 5. The molecular formula is C47H51N3O5. The van der Waals surface area contributed by atoms with Crippen molar-refractivity contribution in [1.82, 2.24) is 15.1 Å². The molecule has 5 aromatic rings. The van der Waals surface area contributed by atoms with E-state index in [1.54, 1.807) is 0 Å². The molecule has 0 saturated carbocycles. The van der Waals surface area contributed by atoms with E-state index in [4.69, 9.17) is 14.2 Å². The fourth-order valence-electron chi connectivity index (χ4n) is 7.75. The van der Waals surface area contributed by atoms with E-state index in [0.717, 1.165) is 55.6 Å². The summed E-state index contributed by atoms with van der Waals surface area (Å²) in [5, 5.41) is 2.93. The van der Waals surface area contributed by atoms with E-state index >= 15 is 0 Å². The predicted octanol–water partition coefficient (Wildman–Crippen LogP) is 8.90. The van der Waals surface area contributed by atoms with Gasteiger partial charge in [-0.3, -0.25) is 4.90 Å². The first-order chi connectivity index (χ1) is 27.0. The number of hydrogen-bond donors (Lipinski definition) is 1. The largest absolute Gasteiger partial charge is 0.494 e. The molecule has 0 aromatic heterocycles. The molecule has 0 fully saturated rings. The lowest BCUT2D eigenvalue weighted by Crippen LogP contribution is -2.31. The molecule has 1 aliphatic heterocycles. The van der Waals surface area contributed by atoms with Gasteiger partial charge in [-0.1, -0.05) is 122 Å². The number of nitrogens with one attached hydrogen (secondary N) is 1. The first kappa shape index (κ1) is 37.9. The van der Waals surface area contributed by atoms with E-state index in [1.807, 2.05) is 78.9 Å². The summed E-state index contributed by atoms with van der Waals surface area (Å²) in [4.78, 5) is 30.6. The van der Waals surface area contributed by atoms with Crippen LogP contribution in [0.2, 0.25) is 0 Å². The standard InChI is InChI=1S/C47H51N3O5/c1-49(28-13-3-12-27-48-47(52)55-34-44-42-21-10-8-19-40(42)41-20-9-11-22-43(41)44)29-14-30-53-39-25-23-36(24-26-39)45(46(51)54-33-35-15-4-2-5-16-35)50-31-37-17-6-7-18-38(37)32-50/h2,4-11,15-26,44-45H,3,12-14,27-34H2,1H3,(H,48,52)/t45-/m0/s1. The zero-order chi connectivity index (χ0) is 37.8. The highest BCUT2D eigenvalue weighted by Gasteiger charge is 2.33. The minimum atomic E-state index is -0.512. The van der Waals surface area contributed by atoms with Crippen LogP contribution in [0.1, 0.15) is 71.0 Å². The molecule has 55 heavy (non-hydrogen) atoms. The third-order valence-corrected chi connectivity index (χ3v) is 10.7. The molecule has 1 heterocycles. The molecule has 7 rings (SSSR count). The molecule has 8 nitrogen and oxygen atoms in total. The van der Waals surface area contributed by atoms with Crippen LogP contribution >= 0.6 is 0 Å². The second-order valence-corrected chi connectivity index (χ2v) is 14.6. The molecule has 1 aliphatic carbocycles. The normalized spacial score (nSPS) is 13.9. The van der Waals surface area contributed by atoms with Gasteiger partial charge in [-0.2, -0.15) is 0 Å². The zero-order valence-electron chi connectivity index (χ0n) is 31.7. The summed E-state index contributed by atoms with van der Waals surface area (Å²) >= 11 is 0. The second-order valence-electron chi connectivity index (χ2n) is 14.6. The molecule has 1 atom stereocenters. The number of carbonyl (C=O) groups is 2. The van der Waals surface area contributed by atoms with Crippen molar-refractivity contribution >= 4 is 12.1 Å². The highest BCUT2D eigenvalue weighted by Crippen LogP contribution is 2.44. The molecule has 0 spiro atoms. The van der Waals surface area contributed by atoms with Crippen molar-refractivity contribution in [2.24, 2.45) is 0 Å². The van der Waals surface area contributed by atoms with Crippen LogP contribution in [0, 0.1) is 0 Å². The lowest BCUT2D eigenvalue weighted by molar-refractivity contribution is -0.152. The molecule has 1 amide bonds. The minimum Gasteiger partial charge on any atom is -0.494 e. The molecule has 0 radical (unpaired) electrons. The molecule has 1 N–H and O–H groups in total. The van der Waals surface area contributed by atoms with Gasteiger partial charge < -0.3 is 24.4 Å². The fourth-order valence-corrected chi connectivity index (χ4v) is 7.75. The van der Waals surface area contributed by atoms with Crippen molar-refractivity contribution in [2.75, 3.05) is 39.9 Å². The Morgan fingerprint density at radius 3 is 2.02 bits per heavy atom. The summed E-state index contributed by atoms with van der Waals surface area (Å²) in [6, 6.07) is 42.3. The lowest BCUT2D eigenvalue weighted by atomic mass is 9.98. The number of ether oxygens (including phenoxy) is 3. The van der Waals surface area contributed by atoms with E-state index in [1.165, 1.54) is 33.4 Å². The molecule has 8 heteroatoms. The topological polar surface area (TPSA) is 80.3 Å². The van der Waals surface area contributed by atoms with Crippen LogP contribution in [-0.4, -0.2) is 61.8 Å². The zero-order valence-corrected chi connectivity index (χ0v) is 31.7. The molecule has 0 bridgehead atoms. The lowest BCUT2D eigenvalue weighted by Gasteiger charge is -2.26. The summed E-state index contributed by atoms with van der Waals surface area (Å²) in [6.07, 6.45) is 3.55. The van der Waals surface area contributed by atoms with Gasteiger partial charge >= 0.3 is 12.1 Å². The van der Waals surface area contributed by atoms with Crippen molar-refractivity contribution in [2.45, 2.75) is 57.3 Å². The highest BCUT2D eigenvalue weighted by molar-refractivity contribution is 5.79. The maximum atomic E-state index is 13.6. The van der Waals surface area contributed by atoms with Crippen molar-refractivity contribution in [3.8, 4) is 16.9 Å². The van der Waals surface area contributed by atoms with Crippen molar-refractivity contribution in [3.63, 3.8) is 0 Å². The number of esters is 1. The van der Waals surface area contributed by atoms with Gasteiger partial charge in [0.1, 0.15) is 25.0 Å². The summed E-state index contributed by atoms with van der Waals surface area (Å²) in [7, 11) is 2.14. The Bertz CT molecular complexity index is 1950. The Morgan fingerprint density at radius 2 is 1.33 bits per heavy atom. The number of nitrogens with zero attached hydrogens (tertiary/aromatic N) is 2. The summed E-state index contributed by atoms with van der Waals surface area (Å²) in [6.45, 7) is 5.11. The molecule has 0 unspecified atom stereocenters. The number of hydrogen-bond acceptors (Lipinski definition) is 7. The molecule has 284 valence electrons. The summed E-state index contributed by atoms with van der Waals surface area (Å²) in [5.41, 5.74) is 9.24. The van der Waals surface area contributed by atoms with Crippen LogP contribution in [0.3, 0.4) is 0 Å². The first-order valence-corrected chi connectivity index (χ1v) is 19.5. The highest BCUT2D eigenvalue weighted by atomic mass is 16.5. The quantitative estimate of drug-likeness (QED) is 0.0711. The second kappa shape index (κ2) is 18.7. The van der Waals surface area contributed by atoms with Crippen molar-refractivity contribution < 1.29 is 23.8 Å². The fraction of sp³-hybridized carbons (Fsp3) is 0.319. The Labute approximate surface area is 325 Å². The molecule has 2 aliphatic rings. The van der Waals surface area contributed by atoms with Gasteiger partial charge in [0, 0.05) is 32.1 Å². The maximum absolute atomic E-state index is 13.6. The third kappa shape index (κ3) is 9.82. The molecular weight excluding hydrogens is 687 g/mol. The number of alkyl carbamates (subject to hydrolysis) is 1. The SMILES string of the molecule is CN(CCCCCNC(=O)OCC1c2ccccc2-c2ccccc21)CCCOc1ccc([C@@H](C(=O)OCc2ccccc2)N2Cc3ccccc3C2)cc1. The Balaban J connectivity index is 0.780. The van der Waals surface area contributed by atoms with Gasteiger partial charge in [0.25, 0.3) is 0 Å². The van der Waals surface area contributed by atoms with Gasteiger partial charge in [-0.25, -0.2) is 9.59 Å². The molecule has 0 saturated heterocycles. The van der Waals surface area contributed by atoms with Crippen molar-refractivity contribution in [1.29, 1.82) is 0 Å². The van der Waals surface area contributed by atoms with Gasteiger partial charge in [0.05, 0.1) is 6.61 Å². The maximum Gasteiger partial charge on any atom is 0.407 e. The van der Waals surface area contributed by atoms with E-state index in [-0.39, 0.29) is 24.6 Å².